The molecule has 0 spiro atoms. The fraction of sp³-hybridized carbons (Fsp3) is 0.222. The van der Waals surface area contributed by atoms with Gasteiger partial charge in [-0.05, 0) is 23.3 Å². The largest absolute Gasteiger partial charge is 0.480 e. The molecule has 0 aliphatic heterocycles. The first-order chi connectivity index (χ1) is 6.56. The zero-order valence-electron chi connectivity index (χ0n) is 7.27. The van der Waals surface area contributed by atoms with Crippen molar-refractivity contribution in [2.45, 2.75) is 12.6 Å². The van der Waals surface area contributed by atoms with Crippen molar-refractivity contribution in [1.29, 1.82) is 0 Å². The Hall–Kier alpha value is -0.910. The Morgan fingerprint density at radius 1 is 1.57 bits per heavy atom. The molecule has 0 saturated carbocycles. The number of aliphatic hydroxyl groups excluding tert-OH is 1. The van der Waals surface area contributed by atoms with E-state index in [1.165, 1.54) is 0 Å². The van der Waals surface area contributed by atoms with E-state index in [-0.39, 0.29) is 6.61 Å². The maximum atomic E-state index is 10.6. The van der Waals surface area contributed by atoms with Gasteiger partial charge in [0, 0.05) is 4.47 Å². The summed E-state index contributed by atoms with van der Waals surface area (Å²) in [5, 5.41) is 17.7. The van der Waals surface area contributed by atoms with Gasteiger partial charge in [0.2, 0.25) is 0 Å². The maximum absolute atomic E-state index is 10.6. The SMILES string of the molecule is NC(C(=O)O)c1ccc(Br)cc1CO. The average Bonchev–Trinajstić information content (AvgIpc) is 2.16. The van der Waals surface area contributed by atoms with Crippen LogP contribution in [0, 0.1) is 0 Å². The van der Waals surface area contributed by atoms with Crippen LogP contribution >= 0.6 is 15.9 Å². The van der Waals surface area contributed by atoms with E-state index in [1.54, 1.807) is 18.2 Å². The van der Waals surface area contributed by atoms with Gasteiger partial charge in [-0.25, -0.2) is 0 Å². The summed E-state index contributed by atoms with van der Waals surface area (Å²) >= 11 is 3.22. The predicted molar refractivity (Wildman–Crippen MR) is 54.6 cm³/mol. The molecular weight excluding hydrogens is 250 g/mol. The first-order valence-corrected chi connectivity index (χ1v) is 4.73. The first-order valence-electron chi connectivity index (χ1n) is 3.94. The summed E-state index contributed by atoms with van der Waals surface area (Å²) < 4.78 is 0.780. The van der Waals surface area contributed by atoms with Crippen molar-refractivity contribution in [3.8, 4) is 0 Å². The molecule has 1 aromatic carbocycles. The van der Waals surface area contributed by atoms with Gasteiger partial charge in [-0.1, -0.05) is 22.0 Å². The highest BCUT2D eigenvalue weighted by molar-refractivity contribution is 9.10. The number of carboxylic acid groups (broad SMARTS) is 1. The minimum absolute atomic E-state index is 0.226. The molecule has 0 fully saturated rings. The van der Waals surface area contributed by atoms with Gasteiger partial charge in [0.25, 0.3) is 0 Å². The van der Waals surface area contributed by atoms with Gasteiger partial charge < -0.3 is 15.9 Å². The van der Waals surface area contributed by atoms with Crippen LogP contribution in [0.25, 0.3) is 0 Å². The van der Waals surface area contributed by atoms with Gasteiger partial charge in [-0.2, -0.15) is 0 Å². The van der Waals surface area contributed by atoms with E-state index in [4.69, 9.17) is 15.9 Å². The lowest BCUT2D eigenvalue weighted by Crippen LogP contribution is -2.22. The Bertz CT molecular complexity index is 354. The molecule has 0 bridgehead atoms. The lowest BCUT2D eigenvalue weighted by atomic mass is 10.0. The van der Waals surface area contributed by atoms with Crippen molar-refractivity contribution in [3.05, 3.63) is 33.8 Å². The number of halogens is 1. The molecule has 14 heavy (non-hydrogen) atoms. The molecule has 0 saturated heterocycles. The van der Waals surface area contributed by atoms with Gasteiger partial charge in [0.15, 0.2) is 0 Å². The number of hydrogen-bond donors (Lipinski definition) is 3. The number of nitrogens with two attached hydrogens (primary N) is 1. The number of aliphatic hydroxyl groups is 1. The van der Waals surface area contributed by atoms with E-state index in [0.717, 1.165) is 4.47 Å². The molecule has 0 aliphatic carbocycles. The van der Waals surface area contributed by atoms with Gasteiger partial charge >= 0.3 is 5.97 Å². The summed E-state index contributed by atoms with van der Waals surface area (Å²) in [4.78, 5) is 10.6. The monoisotopic (exact) mass is 259 g/mol. The molecule has 5 heteroatoms. The number of carbonyl (C=O) groups is 1. The second kappa shape index (κ2) is 4.54. The summed E-state index contributed by atoms with van der Waals surface area (Å²) in [6, 6.07) is 3.84. The van der Waals surface area contributed by atoms with Crippen molar-refractivity contribution in [1.82, 2.24) is 0 Å². The van der Waals surface area contributed by atoms with Crippen molar-refractivity contribution in [2.75, 3.05) is 0 Å². The molecule has 76 valence electrons. The van der Waals surface area contributed by atoms with Crippen molar-refractivity contribution < 1.29 is 15.0 Å². The molecule has 0 aliphatic rings. The van der Waals surface area contributed by atoms with Crippen LogP contribution < -0.4 is 5.73 Å². The lowest BCUT2D eigenvalue weighted by molar-refractivity contribution is -0.138. The normalized spacial score (nSPS) is 12.5. The highest BCUT2D eigenvalue weighted by Crippen LogP contribution is 2.21. The van der Waals surface area contributed by atoms with E-state index in [0.29, 0.717) is 11.1 Å². The van der Waals surface area contributed by atoms with Gasteiger partial charge in [-0.3, -0.25) is 4.79 Å². The van der Waals surface area contributed by atoms with Gasteiger partial charge in [0.05, 0.1) is 6.61 Å². The zero-order valence-corrected chi connectivity index (χ0v) is 8.86. The highest BCUT2D eigenvalue weighted by atomic mass is 79.9. The highest BCUT2D eigenvalue weighted by Gasteiger charge is 2.17. The van der Waals surface area contributed by atoms with Crippen LogP contribution in [-0.2, 0) is 11.4 Å². The third-order valence-electron chi connectivity index (χ3n) is 1.88. The molecule has 0 radical (unpaired) electrons. The maximum Gasteiger partial charge on any atom is 0.325 e. The smallest absolute Gasteiger partial charge is 0.325 e. The Kier molecular flexibility index (Phi) is 3.62. The number of hydrogen-bond acceptors (Lipinski definition) is 3. The third-order valence-corrected chi connectivity index (χ3v) is 2.37. The molecule has 0 heterocycles. The van der Waals surface area contributed by atoms with Crippen LogP contribution in [0.3, 0.4) is 0 Å². The Labute approximate surface area is 89.5 Å². The first kappa shape index (κ1) is 11.2. The molecule has 0 amide bonds. The van der Waals surface area contributed by atoms with E-state index < -0.39 is 12.0 Å². The van der Waals surface area contributed by atoms with Crippen molar-refractivity contribution in [2.24, 2.45) is 5.73 Å². The van der Waals surface area contributed by atoms with Crippen LogP contribution in [0.1, 0.15) is 17.2 Å². The van der Waals surface area contributed by atoms with Crippen molar-refractivity contribution >= 4 is 21.9 Å². The second-order valence-electron chi connectivity index (χ2n) is 2.82. The number of benzene rings is 1. The van der Waals surface area contributed by atoms with Crippen LogP contribution in [-0.4, -0.2) is 16.2 Å². The Balaban J connectivity index is 3.13. The van der Waals surface area contributed by atoms with Gasteiger partial charge in [0.1, 0.15) is 6.04 Å². The molecule has 4 N–H and O–H groups in total. The summed E-state index contributed by atoms with van der Waals surface area (Å²) in [7, 11) is 0. The standard InChI is InChI=1S/C9H10BrNO3/c10-6-1-2-7(5(3-6)4-12)8(11)9(13)14/h1-3,8,12H,4,11H2,(H,13,14). The summed E-state index contributed by atoms with van der Waals surface area (Å²) in [5.74, 6) is -1.11. The van der Waals surface area contributed by atoms with E-state index in [9.17, 15) is 4.79 Å². The minimum atomic E-state index is -1.11. The fourth-order valence-electron chi connectivity index (χ4n) is 1.15. The average molecular weight is 260 g/mol. The van der Waals surface area contributed by atoms with Crippen LogP contribution in [0.15, 0.2) is 22.7 Å². The second-order valence-corrected chi connectivity index (χ2v) is 3.73. The van der Waals surface area contributed by atoms with E-state index >= 15 is 0 Å². The zero-order chi connectivity index (χ0) is 10.7. The summed E-state index contributed by atoms with van der Waals surface area (Å²) in [6.45, 7) is -0.226. The fourth-order valence-corrected chi connectivity index (χ4v) is 1.56. The molecule has 4 nitrogen and oxygen atoms in total. The summed E-state index contributed by atoms with van der Waals surface area (Å²) in [6.07, 6.45) is 0. The molecule has 1 aromatic rings. The van der Waals surface area contributed by atoms with Crippen LogP contribution in [0.2, 0.25) is 0 Å². The Morgan fingerprint density at radius 2 is 2.21 bits per heavy atom. The third kappa shape index (κ3) is 2.31. The minimum Gasteiger partial charge on any atom is -0.480 e. The number of carboxylic acids is 1. The van der Waals surface area contributed by atoms with Crippen molar-refractivity contribution in [3.63, 3.8) is 0 Å². The van der Waals surface area contributed by atoms with Crippen LogP contribution in [0.4, 0.5) is 0 Å². The molecule has 1 unspecified atom stereocenters. The van der Waals surface area contributed by atoms with E-state index in [2.05, 4.69) is 15.9 Å². The molecule has 1 atom stereocenters. The van der Waals surface area contributed by atoms with Crippen LogP contribution in [0.5, 0.6) is 0 Å². The number of aliphatic carboxylic acids is 1. The molecular formula is C9H10BrNO3. The molecule has 0 aromatic heterocycles. The van der Waals surface area contributed by atoms with Gasteiger partial charge in [-0.15, -0.1) is 0 Å². The number of rotatable bonds is 3. The predicted octanol–water partition coefficient (Wildman–Crippen LogP) is 1.03. The van der Waals surface area contributed by atoms with E-state index in [1.807, 2.05) is 0 Å². The molecule has 1 rings (SSSR count). The lowest BCUT2D eigenvalue weighted by Gasteiger charge is -2.11. The Morgan fingerprint density at radius 3 is 2.71 bits per heavy atom. The summed E-state index contributed by atoms with van der Waals surface area (Å²) in [5.41, 5.74) is 6.39. The topological polar surface area (TPSA) is 83.6 Å². The quantitative estimate of drug-likeness (QED) is 0.757.